The van der Waals surface area contributed by atoms with E-state index in [4.69, 9.17) is 20.5 Å². The lowest BCUT2D eigenvalue weighted by atomic mass is 11.0. The van der Waals surface area contributed by atoms with Crippen LogP contribution in [-0.2, 0) is 8.85 Å². The van der Waals surface area contributed by atoms with E-state index in [1.165, 1.54) is 0 Å². The van der Waals surface area contributed by atoms with Crippen LogP contribution in [0.2, 0.25) is 0 Å². The van der Waals surface area contributed by atoms with Gasteiger partial charge in [-0.2, -0.15) is 0 Å². The van der Waals surface area contributed by atoms with Crippen LogP contribution in [0.15, 0.2) is 0 Å². The number of rotatable bonds is 3. The molecule has 1 radical (unpaired) electrons. The van der Waals surface area contributed by atoms with Crippen molar-refractivity contribution < 1.29 is 8.85 Å². The SMILES string of the molecule is CO[Si](OC)C(C)Cl. The summed E-state index contributed by atoms with van der Waals surface area (Å²) in [7, 11) is 2.04. The highest BCUT2D eigenvalue weighted by atomic mass is 35.5. The molecule has 0 saturated heterocycles. The summed E-state index contributed by atoms with van der Waals surface area (Å²) in [5.41, 5.74) is 0. The summed E-state index contributed by atoms with van der Waals surface area (Å²) in [4.78, 5) is 0. The van der Waals surface area contributed by atoms with E-state index in [1.54, 1.807) is 14.2 Å². The molecule has 0 aromatic carbocycles. The summed E-state index contributed by atoms with van der Waals surface area (Å²) in [6.07, 6.45) is 0. The van der Waals surface area contributed by atoms with Crippen molar-refractivity contribution in [1.29, 1.82) is 0 Å². The molecule has 0 aromatic rings. The second kappa shape index (κ2) is 4.32. The fourth-order valence-electron chi connectivity index (χ4n) is 0.408. The van der Waals surface area contributed by atoms with Gasteiger partial charge in [-0.05, 0) is 6.92 Å². The van der Waals surface area contributed by atoms with Gasteiger partial charge in [0, 0.05) is 14.2 Å². The first-order valence-electron chi connectivity index (χ1n) is 2.31. The highest BCUT2D eigenvalue weighted by Gasteiger charge is 2.18. The molecule has 0 aliphatic rings. The summed E-state index contributed by atoms with van der Waals surface area (Å²) in [6.45, 7) is 1.86. The van der Waals surface area contributed by atoms with Crippen molar-refractivity contribution in [1.82, 2.24) is 0 Å². The normalized spacial score (nSPS) is 14.6. The number of hydrogen-bond donors (Lipinski definition) is 0. The molecule has 1 atom stereocenters. The third kappa shape index (κ3) is 2.67. The van der Waals surface area contributed by atoms with Crippen LogP contribution in [0, 0.1) is 0 Å². The van der Waals surface area contributed by atoms with Gasteiger partial charge in [0.05, 0.1) is 5.00 Å². The van der Waals surface area contributed by atoms with Crippen LogP contribution in [0.3, 0.4) is 0 Å². The zero-order valence-corrected chi connectivity index (χ0v) is 7.03. The molecule has 0 saturated carbocycles. The number of alkyl halides is 1. The third-order valence-corrected chi connectivity index (χ3v) is 2.72. The van der Waals surface area contributed by atoms with Gasteiger partial charge >= 0.3 is 9.28 Å². The molecule has 0 amide bonds. The van der Waals surface area contributed by atoms with Gasteiger partial charge in [-0.3, -0.25) is 0 Å². The maximum absolute atomic E-state index is 5.64. The van der Waals surface area contributed by atoms with Crippen molar-refractivity contribution in [2.45, 2.75) is 11.9 Å². The Kier molecular flexibility index (Phi) is 4.55. The minimum absolute atomic E-state index is 0.00926. The summed E-state index contributed by atoms with van der Waals surface area (Å²) >= 11 is 5.64. The van der Waals surface area contributed by atoms with Gasteiger partial charge in [0.15, 0.2) is 0 Å². The van der Waals surface area contributed by atoms with Gasteiger partial charge < -0.3 is 8.85 Å². The van der Waals surface area contributed by atoms with Gasteiger partial charge in [0.2, 0.25) is 0 Å². The Morgan fingerprint density at radius 2 is 1.75 bits per heavy atom. The molecule has 0 spiro atoms. The molecule has 0 N–H and O–H groups in total. The Morgan fingerprint density at radius 3 is 1.75 bits per heavy atom. The maximum Gasteiger partial charge on any atom is 0.403 e. The van der Waals surface area contributed by atoms with E-state index < -0.39 is 9.28 Å². The Bertz CT molecular complexity index is 56.0. The molecule has 0 bridgehead atoms. The molecule has 4 heteroatoms. The van der Waals surface area contributed by atoms with Crippen LogP contribution < -0.4 is 0 Å². The third-order valence-electron chi connectivity index (χ3n) is 0.727. The monoisotopic (exact) mass is 153 g/mol. The lowest BCUT2D eigenvalue weighted by Crippen LogP contribution is -2.28. The second-order valence-electron chi connectivity index (χ2n) is 1.34. The van der Waals surface area contributed by atoms with Crippen molar-refractivity contribution in [3.05, 3.63) is 0 Å². The predicted molar refractivity (Wildman–Crippen MR) is 35.1 cm³/mol. The van der Waals surface area contributed by atoms with Crippen LogP contribution in [0.25, 0.3) is 0 Å². The molecule has 0 aliphatic heterocycles. The molecular formula is C4H10ClO2Si. The quantitative estimate of drug-likeness (QED) is 0.444. The van der Waals surface area contributed by atoms with E-state index in [9.17, 15) is 0 Å². The molecule has 0 aliphatic carbocycles. The molecule has 8 heavy (non-hydrogen) atoms. The lowest BCUT2D eigenvalue weighted by Gasteiger charge is -2.09. The minimum Gasteiger partial charge on any atom is -0.396 e. The zero-order chi connectivity index (χ0) is 6.57. The molecule has 0 heterocycles. The van der Waals surface area contributed by atoms with Crippen LogP contribution >= 0.6 is 11.6 Å². The predicted octanol–water partition coefficient (Wildman–Crippen LogP) is 0.934. The summed E-state index contributed by atoms with van der Waals surface area (Å²) in [5, 5.41) is 0.00926. The number of halogens is 1. The summed E-state index contributed by atoms with van der Waals surface area (Å²) in [5.74, 6) is 0. The highest BCUT2D eigenvalue weighted by molar-refractivity contribution is 6.58. The van der Waals surface area contributed by atoms with Crippen molar-refractivity contribution >= 4 is 20.9 Å². The smallest absolute Gasteiger partial charge is 0.396 e. The Hall–Kier alpha value is 0.427. The average molecular weight is 154 g/mol. The Balaban J connectivity index is 3.35. The zero-order valence-electron chi connectivity index (χ0n) is 5.27. The van der Waals surface area contributed by atoms with Crippen molar-refractivity contribution in [3.63, 3.8) is 0 Å². The van der Waals surface area contributed by atoms with Gasteiger partial charge in [-0.1, -0.05) is 0 Å². The van der Waals surface area contributed by atoms with Crippen LogP contribution in [0.1, 0.15) is 6.92 Å². The van der Waals surface area contributed by atoms with Gasteiger partial charge in [0.1, 0.15) is 0 Å². The van der Waals surface area contributed by atoms with E-state index >= 15 is 0 Å². The van der Waals surface area contributed by atoms with Crippen molar-refractivity contribution in [2.75, 3.05) is 14.2 Å². The van der Waals surface area contributed by atoms with E-state index in [0.29, 0.717) is 0 Å². The first-order chi connectivity index (χ1) is 3.72. The first-order valence-corrected chi connectivity index (χ1v) is 4.14. The van der Waals surface area contributed by atoms with Crippen LogP contribution in [0.5, 0.6) is 0 Å². The Morgan fingerprint density at radius 1 is 1.38 bits per heavy atom. The lowest BCUT2D eigenvalue weighted by molar-refractivity contribution is 0.276. The van der Waals surface area contributed by atoms with Gasteiger partial charge in [-0.25, -0.2) is 0 Å². The molecular weight excluding hydrogens is 144 g/mol. The molecule has 1 unspecified atom stereocenters. The summed E-state index contributed by atoms with van der Waals surface area (Å²) < 4.78 is 9.82. The topological polar surface area (TPSA) is 18.5 Å². The fraction of sp³-hybridized carbons (Fsp3) is 1.00. The van der Waals surface area contributed by atoms with Gasteiger partial charge in [0.25, 0.3) is 0 Å². The Labute approximate surface area is 56.6 Å². The van der Waals surface area contributed by atoms with E-state index in [0.717, 1.165) is 0 Å². The number of hydrogen-bond acceptors (Lipinski definition) is 2. The van der Waals surface area contributed by atoms with E-state index in [-0.39, 0.29) is 5.00 Å². The molecule has 0 aromatic heterocycles. The average Bonchev–Trinajstić information content (AvgIpc) is 1.69. The molecule has 0 fully saturated rings. The van der Waals surface area contributed by atoms with Crippen molar-refractivity contribution in [2.24, 2.45) is 0 Å². The van der Waals surface area contributed by atoms with Crippen LogP contribution in [-0.4, -0.2) is 28.5 Å². The molecule has 2 nitrogen and oxygen atoms in total. The highest BCUT2D eigenvalue weighted by Crippen LogP contribution is 2.00. The summed E-state index contributed by atoms with van der Waals surface area (Å²) in [6, 6.07) is 0. The largest absolute Gasteiger partial charge is 0.403 e. The maximum atomic E-state index is 5.64. The minimum atomic E-state index is -1.17. The van der Waals surface area contributed by atoms with E-state index in [1.807, 2.05) is 6.92 Å². The van der Waals surface area contributed by atoms with E-state index in [2.05, 4.69) is 0 Å². The second-order valence-corrected chi connectivity index (χ2v) is 4.68. The standard InChI is InChI=1S/C4H10ClO2Si/c1-4(5)8(6-2)7-3/h4H,1-3H3. The first kappa shape index (κ1) is 8.43. The molecule has 49 valence electrons. The molecule has 0 rings (SSSR count). The fourth-order valence-corrected chi connectivity index (χ4v) is 1.76. The van der Waals surface area contributed by atoms with Crippen molar-refractivity contribution in [3.8, 4) is 0 Å². The van der Waals surface area contributed by atoms with Gasteiger partial charge in [-0.15, -0.1) is 11.6 Å². The van der Waals surface area contributed by atoms with Crippen LogP contribution in [0.4, 0.5) is 0 Å².